The molecule has 0 saturated heterocycles. The van der Waals surface area contributed by atoms with Crippen LogP contribution in [0.2, 0.25) is 5.02 Å². The van der Waals surface area contributed by atoms with Gasteiger partial charge in [-0.15, -0.1) is 0 Å². The second-order valence-corrected chi connectivity index (χ2v) is 3.87. The van der Waals surface area contributed by atoms with Crippen LogP contribution in [-0.2, 0) is 0 Å². The van der Waals surface area contributed by atoms with Crippen molar-refractivity contribution in [1.29, 1.82) is 0 Å². The zero-order valence-electron chi connectivity index (χ0n) is 9.85. The van der Waals surface area contributed by atoms with Gasteiger partial charge in [-0.3, -0.25) is 0 Å². The van der Waals surface area contributed by atoms with Crippen molar-refractivity contribution in [2.45, 2.75) is 6.92 Å². The normalized spacial score (nSPS) is 9.44. The minimum absolute atomic E-state index is 0.452. The van der Waals surface area contributed by atoms with Crippen LogP contribution in [0.5, 0.6) is 5.75 Å². The first-order valence-electron chi connectivity index (χ1n) is 5.50. The summed E-state index contributed by atoms with van der Waals surface area (Å²) in [5.41, 5.74) is 0.886. The molecule has 0 unspecified atom stereocenters. The van der Waals surface area contributed by atoms with Gasteiger partial charge in [-0.2, -0.15) is 0 Å². The van der Waals surface area contributed by atoms with E-state index in [0.29, 0.717) is 17.5 Å². The van der Waals surface area contributed by atoms with Crippen molar-refractivity contribution in [3.63, 3.8) is 0 Å². The predicted molar refractivity (Wildman–Crippen MR) is 70.6 cm³/mol. The van der Waals surface area contributed by atoms with E-state index in [1.54, 1.807) is 0 Å². The molecule has 2 rings (SSSR count). The summed E-state index contributed by atoms with van der Waals surface area (Å²) in [6.45, 7) is 2.61. The first-order chi connectivity index (χ1) is 8.78. The highest BCUT2D eigenvalue weighted by atomic mass is 35.5. The van der Waals surface area contributed by atoms with Crippen LogP contribution in [0, 0.1) is 11.8 Å². The number of halogens is 1. The highest BCUT2D eigenvalue weighted by Gasteiger charge is 1.93. The summed E-state index contributed by atoms with van der Waals surface area (Å²) < 4.78 is 5.35. The third-order valence-electron chi connectivity index (χ3n) is 2.10. The molecule has 0 saturated carbocycles. The smallest absolute Gasteiger partial charge is 0.205 e. The standard InChI is InChI=1S/C14H11ClN2O/c1-2-18-13-6-3-11(4-7-13)5-8-14-16-9-12(15)10-17-14/h3-4,6-7,9-10H,2H2,1H3. The van der Waals surface area contributed by atoms with Gasteiger partial charge in [0.15, 0.2) is 0 Å². The van der Waals surface area contributed by atoms with E-state index < -0.39 is 0 Å². The molecule has 90 valence electrons. The second kappa shape index (κ2) is 6.04. The van der Waals surface area contributed by atoms with Gasteiger partial charge in [0.1, 0.15) is 5.75 Å². The van der Waals surface area contributed by atoms with Crippen LogP contribution in [0.3, 0.4) is 0 Å². The highest BCUT2D eigenvalue weighted by molar-refractivity contribution is 6.30. The average molecular weight is 259 g/mol. The monoisotopic (exact) mass is 258 g/mol. The van der Waals surface area contributed by atoms with E-state index in [1.807, 2.05) is 31.2 Å². The molecular weight excluding hydrogens is 248 g/mol. The largest absolute Gasteiger partial charge is 0.494 e. The van der Waals surface area contributed by atoms with Crippen molar-refractivity contribution in [1.82, 2.24) is 9.97 Å². The second-order valence-electron chi connectivity index (χ2n) is 3.43. The van der Waals surface area contributed by atoms with Gasteiger partial charge in [-0.1, -0.05) is 17.5 Å². The molecule has 0 amide bonds. The van der Waals surface area contributed by atoms with E-state index in [9.17, 15) is 0 Å². The van der Waals surface area contributed by atoms with Crippen molar-refractivity contribution in [3.05, 3.63) is 53.1 Å². The van der Waals surface area contributed by atoms with Crippen molar-refractivity contribution in [2.75, 3.05) is 6.61 Å². The van der Waals surface area contributed by atoms with Crippen LogP contribution in [0.1, 0.15) is 18.3 Å². The van der Waals surface area contributed by atoms with Crippen molar-refractivity contribution in [3.8, 4) is 17.6 Å². The minimum Gasteiger partial charge on any atom is -0.494 e. The van der Waals surface area contributed by atoms with Gasteiger partial charge in [-0.05, 0) is 37.1 Å². The van der Waals surface area contributed by atoms with Crippen LogP contribution < -0.4 is 4.74 Å². The molecule has 0 radical (unpaired) electrons. The Kier molecular flexibility index (Phi) is 4.16. The Morgan fingerprint density at radius 3 is 2.39 bits per heavy atom. The maximum absolute atomic E-state index is 5.69. The molecule has 0 aliphatic heterocycles. The van der Waals surface area contributed by atoms with Gasteiger partial charge in [-0.25, -0.2) is 9.97 Å². The molecule has 0 atom stereocenters. The lowest BCUT2D eigenvalue weighted by Crippen LogP contribution is -1.90. The predicted octanol–water partition coefficient (Wildman–Crippen LogP) is 2.93. The van der Waals surface area contributed by atoms with Crippen LogP contribution in [0.25, 0.3) is 0 Å². The number of ether oxygens (including phenoxy) is 1. The number of hydrogen-bond donors (Lipinski definition) is 0. The lowest BCUT2D eigenvalue weighted by atomic mass is 10.2. The molecule has 3 nitrogen and oxygen atoms in total. The molecular formula is C14H11ClN2O. The summed E-state index contributed by atoms with van der Waals surface area (Å²) in [4.78, 5) is 8.00. The van der Waals surface area contributed by atoms with Gasteiger partial charge in [0.05, 0.1) is 24.0 Å². The third-order valence-corrected chi connectivity index (χ3v) is 2.30. The summed E-state index contributed by atoms with van der Waals surface area (Å²) in [7, 11) is 0. The lowest BCUT2D eigenvalue weighted by molar-refractivity contribution is 0.340. The molecule has 2 aromatic rings. The van der Waals surface area contributed by atoms with Crippen molar-refractivity contribution >= 4 is 11.6 Å². The van der Waals surface area contributed by atoms with E-state index in [1.165, 1.54) is 12.4 Å². The molecule has 0 fully saturated rings. The molecule has 0 spiro atoms. The molecule has 0 bridgehead atoms. The maximum atomic E-state index is 5.69. The van der Waals surface area contributed by atoms with E-state index in [2.05, 4.69) is 21.8 Å². The average Bonchev–Trinajstić information content (AvgIpc) is 2.40. The first kappa shape index (κ1) is 12.4. The summed E-state index contributed by atoms with van der Waals surface area (Å²) in [5, 5.41) is 0.501. The molecule has 1 aromatic heterocycles. The molecule has 18 heavy (non-hydrogen) atoms. The topological polar surface area (TPSA) is 35.0 Å². The number of nitrogens with zero attached hydrogens (tertiary/aromatic N) is 2. The molecule has 0 aliphatic carbocycles. The fourth-order valence-corrected chi connectivity index (χ4v) is 1.40. The van der Waals surface area contributed by atoms with Gasteiger partial charge >= 0.3 is 0 Å². The molecule has 0 aliphatic rings. The van der Waals surface area contributed by atoms with Crippen molar-refractivity contribution < 1.29 is 4.74 Å². The Morgan fingerprint density at radius 1 is 1.11 bits per heavy atom. The molecule has 0 N–H and O–H groups in total. The summed E-state index contributed by atoms with van der Waals surface area (Å²) in [6, 6.07) is 7.56. The van der Waals surface area contributed by atoms with Crippen molar-refractivity contribution in [2.24, 2.45) is 0 Å². The zero-order chi connectivity index (χ0) is 12.8. The fourth-order valence-electron chi connectivity index (χ4n) is 1.31. The Hall–Kier alpha value is -2.05. The Balaban J connectivity index is 2.12. The molecule has 4 heteroatoms. The van der Waals surface area contributed by atoms with Crippen LogP contribution >= 0.6 is 11.6 Å². The van der Waals surface area contributed by atoms with Crippen LogP contribution in [-0.4, -0.2) is 16.6 Å². The third kappa shape index (κ3) is 3.47. The highest BCUT2D eigenvalue weighted by Crippen LogP contribution is 2.11. The maximum Gasteiger partial charge on any atom is 0.205 e. The van der Waals surface area contributed by atoms with Gasteiger partial charge in [0, 0.05) is 5.56 Å². The molecule has 1 aromatic carbocycles. The van der Waals surface area contributed by atoms with E-state index >= 15 is 0 Å². The summed E-state index contributed by atoms with van der Waals surface area (Å²) >= 11 is 5.69. The van der Waals surface area contributed by atoms with E-state index in [-0.39, 0.29) is 0 Å². The molecule has 1 heterocycles. The minimum atomic E-state index is 0.452. The van der Waals surface area contributed by atoms with Crippen LogP contribution in [0.15, 0.2) is 36.7 Å². The first-order valence-corrected chi connectivity index (χ1v) is 5.88. The summed E-state index contributed by atoms with van der Waals surface area (Å²) in [6.07, 6.45) is 3.05. The number of rotatable bonds is 2. The Labute approximate surface area is 111 Å². The van der Waals surface area contributed by atoms with Gasteiger partial charge in [0.25, 0.3) is 0 Å². The number of aromatic nitrogens is 2. The van der Waals surface area contributed by atoms with E-state index in [0.717, 1.165) is 11.3 Å². The Morgan fingerprint density at radius 2 is 1.78 bits per heavy atom. The zero-order valence-corrected chi connectivity index (χ0v) is 10.6. The van der Waals surface area contributed by atoms with Gasteiger partial charge < -0.3 is 4.74 Å². The quantitative estimate of drug-likeness (QED) is 0.777. The fraction of sp³-hybridized carbons (Fsp3) is 0.143. The SMILES string of the molecule is CCOc1ccc(C#Cc2ncc(Cl)cn2)cc1. The summed E-state index contributed by atoms with van der Waals surface area (Å²) in [5.74, 6) is 7.13. The Bertz CT molecular complexity index is 567. The van der Waals surface area contributed by atoms with E-state index in [4.69, 9.17) is 16.3 Å². The number of benzene rings is 1. The van der Waals surface area contributed by atoms with Crippen LogP contribution in [0.4, 0.5) is 0 Å². The lowest BCUT2D eigenvalue weighted by Gasteiger charge is -2.01. The van der Waals surface area contributed by atoms with Gasteiger partial charge in [0.2, 0.25) is 5.82 Å². The number of hydrogen-bond acceptors (Lipinski definition) is 3.